The third-order valence-electron chi connectivity index (χ3n) is 3.75. The van der Waals surface area contributed by atoms with Crippen LogP contribution in [0.1, 0.15) is 35.6 Å². The molecule has 2 aromatic rings. The molecule has 2 nitrogen and oxygen atoms in total. The summed E-state index contributed by atoms with van der Waals surface area (Å²) in [4.78, 5) is 4.29. The Morgan fingerprint density at radius 2 is 2.22 bits per heavy atom. The number of halogens is 1. The van der Waals surface area contributed by atoms with Gasteiger partial charge in [-0.25, -0.2) is 4.98 Å². The monoisotopic (exact) mass is 260 g/mol. The topological polar surface area (TPSA) is 17.8 Å². The number of aryl methyl sites for hydroxylation is 1. The van der Waals surface area contributed by atoms with E-state index in [-0.39, 0.29) is 0 Å². The van der Waals surface area contributed by atoms with Gasteiger partial charge < -0.3 is 4.57 Å². The van der Waals surface area contributed by atoms with E-state index in [0.717, 1.165) is 12.2 Å². The van der Waals surface area contributed by atoms with Crippen molar-refractivity contribution in [2.75, 3.05) is 0 Å². The molecule has 1 aliphatic carbocycles. The Labute approximate surface area is 113 Å². The van der Waals surface area contributed by atoms with Crippen LogP contribution in [0.3, 0.4) is 0 Å². The van der Waals surface area contributed by atoms with E-state index in [1.165, 1.54) is 30.4 Å². The minimum atomic E-state index is 0.494. The Morgan fingerprint density at radius 3 is 3.06 bits per heavy atom. The van der Waals surface area contributed by atoms with Crippen molar-refractivity contribution in [2.24, 2.45) is 0 Å². The zero-order valence-electron chi connectivity index (χ0n) is 10.3. The van der Waals surface area contributed by atoms with E-state index in [2.05, 4.69) is 40.0 Å². The molecular weight excluding hydrogens is 244 g/mol. The summed E-state index contributed by atoms with van der Waals surface area (Å²) in [7, 11) is 0. The van der Waals surface area contributed by atoms with Crippen LogP contribution in [0.4, 0.5) is 0 Å². The standard InChI is InChI=1S/C15H17ClN2/c16-8-14-10-18(11-17-14)9-13-6-3-5-12-4-1-2-7-15(12)13/h1-2,4,7,10-11,13H,3,5-6,8-9H2. The summed E-state index contributed by atoms with van der Waals surface area (Å²) in [5.41, 5.74) is 4.00. The van der Waals surface area contributed by atoms with Crippen molar-refractivity contribution in [3.63, 3.8) is 0 Å². The molecule has 1 aromatic carbocycles. The fraction of sp³-hybridized carbons (Fsp3) is 0.400. The fourth-order valence-electron chi connectivity index (χ4n) is 2.87. The van der Waals surface area contributed by atoms with Crippen LogP contribution >= 0.6 is 11.6 Å². The molecule has 0 amide bonds. The molecule has 0 saturated heterocycles. The first kappa shape index (κ1) is 11.8. The highest BCUT2D eigenvalue weighted by Gasteiger charge is 2.19. The minimum absolute atomic E-state index is 0.494. The predicted molar refractivity (Wildman–Crippen MR) is 73.9 cm³/mol. The summed E-state index contributed by atoms with van der Waals surface area (Å²) >= 11 is 5.79. The summed E-state index contributed by atoms with van der Waals surface area (Å²) in [5, 5.41) is 0. The maximum absolute atomic E-state index is 5.79. The summed E-state index contributed by atoms with van der Waals surface area (Å²) in [6, 6.07) is 8.83. The Kier molecular flexibility index (Phi) is 3.37. The maximum atomic E-state index is 5.79. The van der Waals surface area contributed by atoms with Crippen LogP contribution in [0.2, 0.25) is 0 Å². The van der Waals surface area contributed by atoms with Gasteiger partial charge in [0.15, 0.2) is 0 Å². The van der Waals surface area contributed by atoms with Crippen LogP contribution in [-0.4, -0.2) is 9.55 Å². The Morgan fingerprint density at radius 1 is 1.33 bits per heavy atom. The van der Waals surface area contributed by atoms with Gasteiger partial charge in [-0.15, -0.1) is 11.6 Å². The van der Waals surface area contributed by atoms with E-state index in [4.69, 9.17) is 11.6 Å². The van der Waals surface area contributed by atoms with Gasteiger partial charge in [-0.2, -0.15) is 0 Å². The zero-order valence-corrected chi connectivity index (χ0v) is 11.1. The third-order valence-corrected chi connectivity index (χ3v) is 4.02. The highest BCUT2D eigenvalue weighted by Crippen LogP contribution is 2.32. The lowest BCUT2D eigenvalue weighted by molar-refractivity contribution is 0.483. The molecule has 3 rings (SSSR count). The molecule has 1 aromatic heterocycles. The molecule has 0 fully saturated rings. The average Bonchev–Trinajstić information content (AvgIpc) is 2.87. The van der Waals surface area contributed by atoms with Crippen molar-refractivity contribution in [1.29, 1.82) is 0 Å². The number of alkyl halides is 1. The zero-order chi connectivity index (χ0) is 12.4. The van der Waals surface area contributed by atoms with Gasteiger partial charge in [0.25, 0.3) is 0 Å². The highest BCUT2D eigenvalue weighted by atomic mass is 35.5. The van der Waals surface area contributed by atoms with Crippen molar-refractivity contribution >= 4 is 11.6 Å². The van der Waals surface area contributed by atoms with Crippen LogP contribution in [0.25, 0.3) is 0 Å². The Bertz CT molecular complexity index is 533. The van der Waals surface area contributed by atoms with Gasteiger partial charge in [0.2, 0.25) is 0 Å². The fourth-order valence-corrected chi connectivity index (χ4v) is 3.01. The molecule has 0 bridgehead atoms. The van der Waals surface area contributed by atoms with Crippen LogP contribution in [0.15, 0.2) is 36.8 Å². The van der Waals surface area contributed by atoms with Gasteiger partial charge in [0, 0.05) is 18.7 Å². The van der Waals surface area contributed by atoms with Gasteiger partial charge in [-0.3, -0.25) is 0 Å². The van der Waals surface area contributed by atoms with Crippen molar-refractivity contribution in [3.05, 3.63) is 53.6 Å². The quantitative estimate of drug-likeness (QED) is 0.769. The van der Waals surface area contributed by atoms with E-state index in [1.807, 2.05) is 6.33 Å². The highest BCUT2D eigenvalue weighted by molar-refractivity contribution is 6.16. The Balaban J connectivity index is 1.81. The van der Waals surface area contributed by atoms with Crippen LogP contribution in [0.5, 0.6) is 0 Å². The van der Waals surface area contributed by atoms with Gasteiger partial charge in [0.1, 0.15) is 0 Å². The van der Waals surface area contributed by atoms with Crippen LogP contribution in [-0.2, 0) is 18.8 Å². The molecule has 0 spiro atoms. The van der Waals surface area contributed by atoms with Crippen LogP contribution in [0, 0.1) is 0 Å². The number of fused-ring (bicyclic) bond motifs is 1. The number of aromatic nitrogens is 2. The summed E-state index contributed by atoms with van der Waals surface area (Å²) < 4.78 is 2.17. The van der Waals surface area contributed by atoms with E-state index in [9.17, 15) is 0 Å². The van der Waals surface area contributed by atoms with E-state index in [0.29, 0.717) is 11.8 Å². The molecule has 1 aliphatic rings. The molecule has 1 heterocycles. The van der Waals surface area contributed by atoms with Crippen LogP contribution < -0.4 is 0 Å². The van der Waals surface area contributed by atoms with Crippen molar-refractivity contribution in [1.82, 2.24) is 9.55 Å². The van der Waals surface area contributed by atoms with Gasteiger partial charge in [-0.05, 0) is 30.4 Å². The SMILES string of the molecule is ClCc1cn(CC2CCCc3ccccc32)cn1. The van der Waals surface area contributed by atoms with Gasteiger partial charge >= 0.3 is 0 Å². The van der Waals surface area contributed by atoms with E-state index >= 15 is 0 Å². The maximum Gasteiger partial charge on any atom is 0.0950 e. The molecular formula is C15H17ClN2. The lowest BCUT2D eigenvalue weighted by atomic mass is 9.83. The van der Waals surface area contributed by atoms with Crippen molar-refractivity contribution in [2.45, 2.75) is 37.6 Å². The van der Waals surface area contributed by atoms with Gasteiger partial charge in [-0.1, -0.05) is 24.3 Å². The second-order valence-corrected chi connectivity index (χ2v) is 5.25. The molecule has 0 N–H and O–H groups in total. The van der Waals surface area contributed by atoms with E-state index in [1.54, 1.807) is 0 Å². The molecule has 94 valence electrons. The second kappa shape index (κ2) is 5.15. The lowest BCUT2D eigenvalue weighted by Crippen LogP contribution is -2.14. The first-order valence-corrected chi connectivity index (χ1v) is 7.04. The number of hydrogen-bond acceptors (Lipinski definition) is 1. The first-order valence-electron chi connectivity index (χ1n) is 6.51. The molecule has 0 aliphatic heterocycles. The summed E-state index contributed by atoms with van der Waals surface area (Å²) in [6.45, 7) is 1.01. The van der Waals surface area contributed by atoms with Crippen molar-refractivity contribution < 1.29 is 0 Å². The molecule has 1 unspecified atom stereocenters. The smallest absolute Gasteiger partial charge is 0.0950 e. The predicted octanol–water partition coefficient (Wildman–Crippen LogP) is 3.74. The molecule has 18 heavy (non-hydrogen) atoms. The number of nitrogens with zero attached hydrogens (tertiary/aromatic N) is 2. The number of rotatable bonds is 3. The number of hydrogen-bond donors (Lipinski definition) is 0. The van der Waals surface area contributed by atoms with Crippen molar-refractivity contribution in [3.8, 4) is 0 Å². The minimum Gasteiger partial charge on any atom is -0.337 e. The lowest BCUT2D eigenvalue weighted by Gasteiger charge is -2.25. The molecule has 3 heteroatoms. The largest absolute Gasteiger partial charge is 0.337 e. The van der Waals surface area contributed by atoms with E-state index < -0.39 is 0 Å². The normalized spacial score (nSPS) is 18.6. The third kappa shape index (κ3) is 2.30. The summed E-state index contributed by atoms with van der Waals surface area (Å²) in [5.74, 6) is 1.11. The molecule has 0 radical (unpaired) electrons. The summed E-state index contributed by atoms with van der Waals surface area (Å²) in [6.07, 6.45) is 7.74. The Hall–Kier alpha value is -1.28. The average molecular weight is 261 g/mol. The molecule has 0 saturated carbocycles. The number of imidazole rings is 1. The molecule has 1 atom stereocenters. The van der Waals surface area contributed by atoms with Gasteiger partial charge in [0.05, 0.1) is 17.9 Å². The number of benzene rings is 1. The first-order chi connectivity index (χ1) is 8.86. The second-order valence-electron chi connectivity index (χ2n) is 4.98.